The number of thioether (sulfide) groups is 1. The summed E-state index contributed by atoms with van der Waals surface area (Å²) in [4.78, 5) is 23.8. The highest BCUT2D eigenvalue weighted by Crippen LogP contribution is 2.30. The fourth-order valence-electron chi connectivity index (χ4n) is 4.64. The highest BCUT2D eigenvalue weighted by atomic mass is 32.2. The summed E-state index contributed by atoms with van der Waals surface area (Å²) in [6.45, 7) is 3.82. The van der Waals surface area contributed by atoms with Crippen LogP contribution in [0.5, 0.6) is 0 Å². The maximum absolute atomic E-state index is 13.3. The van der Waals surface area contributed by atoms with Gasteiger partial charge in [0.05, 0.1) is 17.9 Å². The van der Waals surface area contributed by atoms with Crippen molar-refractivity contribution < 1.29 is 13.9 Å². The molecule has 0 aliphatic carbocycles. The quantitative estimate of drug-likeness (QED) is 0.473. The van der Waals surface area contributed by atoms with E-state index in [1.165, 1.54) is 17.7 Å². The van der Waals surface area contributed by atoms with Gasteiger partial charge in [-0.1, -0.05) is 6.07 Å². The molecule has 0 bridgehead atoms. The van der Waals surface area contributed by atoms with Gasteiger partial charge >= 0.3 is 0 Å². The molecule has 1 aromatic carbocycles. The molecule has 2 aliphatic heterocycles. The van der Waals surface area contributed by atoms with Gasteiger partial charge in [-0.3, -0.25) is 4.79 Å². The fraction of sp³-hybridized carbons (Fsp3) is 0.440. The van der Waals surface area contributed by atoms with E-state index in [0.717, 1.165) is 54.8 Å². The zero-order valence-electron chi connectivity index (χ0n) is 18.5. The van der Waals surface area contributed by atoms with Gasteiger partial charge in [0.1, 0.15) is 5.82 Å². The van der Waals surface area contributed by atoms with Crippen LogP contribution in [-0.2, 0) is 11.3 Å². The number of benzene rings is 1. The minimum absolute atomic E-state index is 0.0710. The average Bonchev–Trinajstić information content (AvgIpc) is 3.61. The van der Waals surface area contributed by atoms with Gasteiger partial charge in [-0.15, -0.1) is 11.8 Å². The Morgan fingerprint density at radius 2 is 2.09 bits per heavy atom. The molecular weight excluding hydrogens is 422 g/mol. The third-order valence-corrected chi connectivity index (χ3v) is 7.04. The van der Waals surface area contributed by atoms with E-state index >= 15 is 0 Å². The van der Waals surface area contributed by atoms with Crippen LogP contribution in [0.2, 0.25) is 0 Å². The van der Waals surface area contributed by atoms with Crippen molar-refractivity contribution in [3.05, 3.63) is 54.0 Å². The number of furan rings is 1. The highest BCUT2D eigenvalue weighted by Gasteiger charge is 2.27. The molecule has 2 aromatic heterocycles. The third kappa shape index (κ3) is 4.50. The second kappa shape index (κ2) is 9.55. The lowest BCUT2D eigenvalue weighted by Gasteiger charge is -2.28. The topological polar surface area (TPSA) is 58.8 Å². The Balaban J connectivity index is 1.52. The molecule has 3 aromatic rings. The SMILES string of the molecule is CSc1ccc2cc(CN(C[C@H]3CCCO3)C(=O)c3ccco3)c(N3CCCC3)nc2c1. The number of aromatic nitrogens is 1. The highest BCUT2D eigenvalue weighted by molar-refractivity contribution is 7.98. The zero-order valence-corrected chi connectivity index (χ0v) is 19.3. The number of anilines is 1. The number of ether oxygens (including phenoxy) is 1. The van der Waals surface area contributed by atoms with Crippen LogP contribution in [0.25, 0.3) is 10.9 Å². The Hall–Kier alpha value is -2.51. The van der Waals surface area contributed by atoms with Gasteiger partial charge in [-0.05, 0) is 62.3 Å². The number of carbonyl (C=O) groups is 1. The van der Waals surface area contributed by atoms with Gasteiger partial charge in [-0.25, -0.2) is 4.98 Å². The minimum atomic E-state index is -0.101. The molecule has 7 heteroatoms. The molecule has 168 valence electrons. The minimum Gasteiger partial charge on any atom is -0.459 e. The predicted molar refractivity (Wildman–Crippen MR) is 127 cm³/mol. The van der Waals surface area contributed by atoms with Gasteiger partial charge < -0.3 is 19.0 Å². The monoisotopic (exact) mass is 451 g/mol. The van der Waals surface area contributed by atoms with E-state index < -0.39 is 0 Å². The van der Waals surface area contributed by atoms with Crippen molar-refractivity contribution >= 4 is 34.4 Å². The Labute approximate surface area is 192 Å². The molecule has 0 spiro atoms. The number of nitrogens with zero attached hydrogens (tertiary/aromatic N) is 3. The molecule has 32 heavy (non-hydrogen) atoms. The molecule has 0 N–H and O–H groups in total. The van der Waals surface area contributed by atoms with E-state index in [2.05, 4.69) is 35.4 Å². The van der Waals surface area contributed by atoms with Gasteiger partial charge in [-0.2, -0.15) is 0 Å². The number of hydrogen-bond acceptors (Lipinski definition) is 6. The lowest BCUT2D eigenvalue weighted by molar-refractivity contribution is 0.0484. The Morgan fingerprint density at radius 1 is 1.22 bits per heavy atom. The van der Waals surface area contributed by atoms with Gasteiger partial charge in [0.15, 0.2) is 5.76 Å². The van der Waals surface area contributed by atoms with Crippen LogP contribution in [0.4, 0.5) is 5.82 Å². The number of carbonyl (C=O) groups excluding carboxylic acids is 1. The molecule has 1 atom stereocenters. The summed E-state index contributed by atoms with van der Waals surface area (Å²) >= 11 is 1.73. The molecule has 2 saturated heterocycles. The normalized spacial score (nSPS) is 18.5. The second-order valence-electron chi connectivity index (χ2n) is 8.52. The number of pyridine rings is 1. The standard InChI is InChI=1S/C25H29N3O3S/c1-32-21-9-8-18-14-19(24(26-22(18)15-21)27-10-2-3-11-27)16-28(17-20-6-4-12-30-20)25(29)23-7-5-13-31-23/h5,7-9,13-15,20H,2-4,6,10-12,16-17H2,1H3/t20-/m1/s1. The summed E-state index contributed by atoms with van der Waals surface area (Å²) < 4.78 is 11.3. The lowest BCUT2D eigenvalue weighted by Crippen LogP contribution is -2.37. The fourth-order valence-corrected chi connectivity index (χ4v) is 5.08. The molecule has 1 amide bonds. The smallest absolute Gasteiger partial charge is 0.289 e. The van der Waals surface area contributed by atoms with Crippen molar-refractivity contribution in [3.8, 4) is 0 Å². The number of fused-ring (bicyclic) bond motifs is 1. The summed E-state index contributed by atoms with van der Waals surface area (Å²) in [5, 5.41) is 1.10. The van der Waals surface area contributed by atoms with Crippen molar-refractivity contribution in [1.29, 1.82) is 0 Å². The average molecular weight is 452 g/mol. The summed E-state index contributed by atoms with van der Waals surface area (Å²) in [5.74, 6) is 1.26. The molecular formula is C25H29N3O3S. The van der Waals surface area contributed by atoms with Crippen LogP contribution in [0.3, 0.4) is 0 Å². The van der Waals surface area contributed by atoms with Crippen LogP contribution >= 0.6 is 11.8 Å². The first-order valence-corrected chi connectivity index (χ1v) is 12.6. The van der Waals surface area contributed by atoms with Crippen molar-refractivity contribution in [2.75, 3.05) is 37.4 Å². The Morgan fingerprint density at radius 3 is 2.81 bits per heavy atom. The summed E-state index contributed by atoms with van der Waals surface area (Å²) in [6, 6.07) is 12.1. The maximum atomic E-state index is 13.3. The summed E-state index contributed by atoms with van der Waals surface area (Å²) in [7, 11) is 0. The number of rotatable bonds is 7. The van der Waals surface area contributed by atoms with E-state index in [4.69, 9.17) is 14.1 Å². The maximum Gasteiger partial charge on any atom is 0.289 e. The summed E-state index contributed by atoms with van der Waals surface area (Å²) in [6.07, 6.45) is 8.08. The first-order chi connectivity index (χ1) is 15.7. The predicted octanol–water partition coefficient (Wildman–Crippen LogP) is 4.97. The Kier molecular flexibility index (Phi) is 6.37. The summed E-state index contributed by atoms with van der Waals surface area (Å²) in [5.41, 5.74) is 2.08. The van der Waals surface area contributed by atoms with Crippen LogP contribution in [0.15, 0.2) is 52.0 Å². The zero-order chi connectivity index (χ0) is 21.9. The van der Waals surface area contributed by atoms with Crippen LogP contribution in [0.1, 0.15) is 41.8 Å². The van der Waals surface area contributed by atoms with Gasteiger partial charge in [0.2, 0.25) is 0 Å². The Bertz CT molecular complexity index is 1070. The van der Waals surface area contributed by atoms with Crippen molar-refractivity contribution in [2.45, 2.75) is 43.2 Å². The molecule has 0 saturated carbocycles. The largest absolute Gasteiger partial charge is 0.459 e. The number of amides is 1. The first-order valence-electron chi connectivity index (χ1n) is 11.4. The van der Waals surface area contributed by atoms with E-state index in [9.17, 15) is 4.79 Å². The van der Waals surface area contributed by atoms with Gasteiger partial charge in [0.25, 0.3) is 5.91 Å². The lowest BCUT2D eigenvalue weighted by atomic mass is 10.1. The molecule has 2 fully saturated rings. The molecule has 0 radical (unpaired) electrons. The molecule has 6 nitrogen and oxygen atoms in total. The second-order valence-corrected chi connectivity index (χ2v) is 9.40. The molecule has 2 aliphatic rings. The van der Waals surface area contributed by atoms with E-state index in [1.54, 1.807) is 30.2 Å². The van der Waals surface area contributed by atoms with Gasteiger partial charge in [0, 0.05) is 48.6 Å². The van der Waals surface area contributed by atoms with E-state index in [-0.39, 0.29) is 12.0 Å². The van der Waals surface area contributed by atoms with Crippen molar-refractivity contribution in [2.24, 2.45) is 0 Å². The molecule has 4 heterocycles. The van der Waals surface area contributed by atoms with Crippen LogP contribution in [0, 0.1) is 0 Å². The van der Waals surface area contributed by atoms with Crippen molar-refractivity contribution in [1.82, 2.24) is 9.88 Å². The first kappa shape index (κ1) is 21.3. The molecule has 5 rings (SSSR count). The van der Waals surface area contributed by atoms with Crippen LogP contribution < -0.4 is 4.90 Å². The number of hydrogen-bond donors (Lipinski definition) is 0. The van der Waals surface area contributed by atoms with Crippen LogP contribution in [-0.4, -0.2) is 54.4 Å². The van der Waals surface area contributed by atoms with E-state index in [1.807, 2.05) is 4.90 Å². The third-order valence-electron chi connectivity index (χ3n) is 6.31. The van der Waals surface area contributed by atoms with Crippen molar-refractivity contribution in [3.63, 3.8) is 0 Å². The molecule has 0 unspecified atom stereocenters. The van der Waals surface area contributed by atoms with E-state index in [0.29, 0.717) is 18.8 Å².